The van der Waals surface area contributed by atoms with Crippen LogP contribution in [0.4, 0.5) is 15.2 Å². The number of carbonyl (C=O) groups excluding carboxylic acids is 1. The van der Waals surface area contributed by atoms with Crippen molar-refractivity contribution in [3.05, 3.63) is 33.0 Å². The summed E-state index contributed by atoms with van der Waals surface area (Å²) in [6.45, 7) is 2.77. The monoisotopic (exact) mass is 348 g/mol. The van der Waals surface area contributed by atoms with Crippen molar-refractivity contribution in [3.63, 3.8) is 0 Å². The molecule has 0 spiro atoms. The minimum Gasteiger partial charge on any atom is -0.360 e. The average Bonchev–Trinajstić information content (AvgIpc) is 2.91. The third-order valence-electron chi connectivity index (χ3n) is 2.39. The Morgan fingerprint density at radius 1 is 1.33 bits per heavy atom. The molecule has 2 N–H and O–H groups in total. The van der Waals surface area contributed by atoms with Crippen LogP contribution in [0, 0.1) is 5.82 Å². The van der Waals surface area contributed by atoms with E-state index in [1.54, 1.807) is 0 Å². The fourth-order valence-electron chi connectivity index (χ4n) is 1.43. The number of carbonyl (C=O) groups is 1. The Labute approximate surface area is 134 Å². The highest BCUT2D eigenvalue weighted by Gasteiger charge is 2.15. The van der Waals surface area contributed by atoms with Crippen molar-refractivity contribution < 1.29 is 9.18 Å². The first-order chi connectivity index (χ1) is 10.0. The van der Waals surface area contributed by atoms with Crippen molar-refractivity contribution in [2.45, 2.75) is 13.3 Å². The van der Waals surface area contributed by atoms with Gasteiger partial charge in [-0.15, -0.1) is 10.2 Å². The molecule has 0 fully saturated rings. The Morgan fingerprint density at radius 2 is 2.00 bits per heavy atom. The molecule has 0 aliphatic rings. The molecular formula is C12H11Cl2FN4OS. The van der Waals surface area contributed by atoms with Crippen LogP contribution in [0.15, 0.2) is 12.1 Å². The molecule has 1 aromatic heterocycles. The number of benzene rings is 1. The van der Waals surface area contributed by atoms with Crippen LogP contribution in [0.5, 0.6) is 0 Å². The van der Waals surface area contributed by atoms with E-state index in [0.717, 1.165) is 24.3 Å². The summed E-state index contributed by atoms with van der Waals surface area (Å²) in [5, 5.41) is 13.6. The number of aromatic nitrogens is 2. The molecule has 9 heteroatoms. The predicted octanol–water partition coefficient (Wildman–Crippen LogP) is 4.06. The van der Waals surface area contributed by atoms with E-state index in [1.807, 2.05) is 6.92 Å². The molecule has 0 aliphatic carbocycles. The topological polar surface area (TPSA) is 66.9 Å². The summed E-state index contributed by atoms with van der Waals surface area (Å²) in [5.41, 5.74) is 0.287. The molecule has 1 amide bonds. The van der Waals surface area contributed by atoms with Gasteiger partial charge >= 0.3 is 0 Å². The Morgan fingerprint density at radius 3 is 2.62 bits per heavy atom. The van der Waals surface area contributed by atoms with E-state index < -0.39 is 11.7 Å². The molecule has 21 heavy (non-hydrogen) atoms. The molecule has 1 heterocycles. The number of nitrogens with one attached hydrogen (secondary N) is 2. The SMILES string of the molecule is CCCNc1nnc(C(=O)Nc2cc(Cl)c(F)c(Cl)c2)s1. The van der Waals surface area contributed by atoms with Crippen molar-refractivity contribution in [3.8, 4) is 0 Å². The van der Waals surface area contributed by atoms with Crippen LogP contribution in [-0.2, 0) is 0 Å². The van der Waals surface area contributed by atoms with Crippen LogP contribution in [0.2, 0.25) is 10.0 Å². The second kappa shape index (κ2) is 7.02. The first kappa shape index (κ1) is 15.9. The third kappa shape index (κ3) is 4.03. The van der Waals surface area contributed by atoms with E-state index in [9.17, 15) is 9.18 Å². The standard InChI is InChI=1S/C12H11Cl2FN4OS/c1-2-3-16-12-19-18-11(21-12)10(20)17-6-4-7(13)9(15)8(14)5-6/h4-5H,2-3H2,1H3,(H,16,19)(H,17,20). The van der Waals surface area contributed by atoms with Crippen molar-refractivity contribution in [1.29, 1.82) is 0 Å². The molecule has 0 unspecified atom stereocenters. The predicted molar refractivity (Wildman–Crippen MR) is 83.1 cm³/mol. The third-order valence-corrected chi connectivity index (χ3v) is 3.82. The summed E-state index contributed by atoms with van der Waals surface area (Å²) >= 11 is 12.5. The normalized spacial score (nSPS) is 10.5. The van der Waals surface area contributed by atoms with Crippen molar-refractivity contribution in [2.75, 3.05) is 17.2 Å². The van der Waals surface area contributed by atoms with Gasteiger partial charge in [-0.05, 0) is 18.6 Å². The van der Waals surface area contributed by atoms with Gasteiger partial charge in [-0.2, -0.15) is 0 Å². The molecule has 1 aromatic carbocycles. The lowest BCUT2D eigenvalue weighted by atomic mass is 10.3. The summed E-state index contributed by atoms with van der Waals surface area (Å²) in [7, 11) is 0. The zero-order valence-electron chi connectivity index (χ0n) is 10.9. The molecule has 0 aliphatic heterocycles. The van der Waals surface area contributed by atoms with E-state index >= 15 is 0 Å². The van der Waals surface area contributed by atoms with Gasteiger partial charge in [-0.3, -0.25) is 4.79 Å². The quantitative estimate of drug-likeness (QED) is 0.799. The molecule has 112 valence electrons. The van der Waals surface area contributed by atoms with Crippen LogP contribution in [0.1, 0.15) is 23.1 Å². The van der Waals surface area contributed by atoms with Gasteiger partial charge in [0, 0.05) is 12.2 Å². The van der Waals surface area contributed by atoms with Crippen LogP contribution in [0.25, 0.3) is 0 Å². The fraction of sp³-hybridized carbons (Fsp3) is 0.250. The second-order valence-electron chi connectivity index (χ2n) is 4.05. The lowest BCUT2D eigenvalue weighted by molar-refractivity contribution is 0.102. The van der Waals surface area contributed by atoms with Gasteiger partial charge in [0.1, 0.15) is 0 Å². The van der Waals surface area contributed by atoms with Crippen LogP contribution < -0.4 is 10.6 Å². The maximum absolute atomic E-state index is 13.3. The number of rotatable bonds is 5. The van der Waals surface area contributed by atoms with E-state index in [1.165, 1.54) is 12.1 Å². The molecular weight excluding hydrogens is 338 g/mol. The maximum atomic E-state index is 13.3. The molecule has 0 saturated carbocycles. The van der Waals surface area contributed by atoms with Crippen LogP contribution in [-0.4, -0.2) is 22.6 Å². The van der Waals surface area contributed by atoms with E-state index in [-0.39, 0.29) is 20.7 Å². The number of anilines is 2. The highest BCUT2D eigenvalue weighted by molar-refractivity contribution is 7.17. The molecule has 2 aromatic rings. The Hall–Kier alpha value is -1.44. The Balaban J connectivity index is 2.09. The zero-order chi connectivity index (χ0) is 15.4. The molecule has 0 radical (unpaired) electrons. The number of halogens is 3. The summed E-state index contributed by atoms with van der Waals surface area (Å²) in [6.07, 6.45) is 0.938. The smallest absolute Gasteiger partial charge is 0.286 e. The van der Waals surface area contributed by atoms with Gasteiger partial charge < -0.3 is 10.6 Å². The average molecular weight is 349 g/mol. The highest BCUT2D eigenvalue weighted by Crippen LogP contribution is 2.27. The highest BCUT2D eigenvalue weighted by atomic mass is 35.5. The largest absolute Gasteiger partial charge is 0.360 e. The summed E-state index contributed by atoms with van der Waals surface area (Å²) in [5.74, 6) is -1.19. The van der Waals surface area contributed by atoms with E-state index in [0.29, 0.717) is 5.13 Å². The number of nitrogens with zero attached hydrogens (tertiary/aromatic N) is 2. The molecule has 0 atom stereocenters. The number of hydrogen-bond acceptors (Lipinski definition) is 5. The minimum absolute atomic E-state index is 0.166. The van der Waals surface area contributed by atoms with Crippen molar-refractivity contribution >= 4 is 51.3 Å². The van der Waals surface area contributed by atoms with Gasteiger partial charge in [0.25, 0.3) is 5.91 Å². The number of hydrogen-bond donors (Lipinski definition) is 2. The summed E-state index contributed by atoms with van der Waals surface area (Å²) in [6, 6.07) is 2.55. The first-order valence-corrected chi connectivity index (χ1v) is 7.61. The van der Waals surface area contributed by atoms with Gasteiger partial charge in [0.2, 0.25) is 10.1 Å². The van der Waals surface area contributed by atoms with Gasteiger partial charge in [0.15, 0.2) is 5.82 Å². The van der Waals surface area contributed by atoms with Crippen molar-refractivity contribution in [2.24, 2.45) is 0 Å². The lowest BCUT2D eigenvalue weighted by Gasteiger charge is -2.05. The number of amides is 1. The zero-order valence-corrected chi connectivity index (χ0v) is 13.2. The summed E-state index contributed by atoms with van der Waals surface area (Å²) < 4.78 is 13.3. The van der Waals surface area contributed by atoms with Gasteiger partial charge in [-0.1, -0.05) is 41.5 Å². The fourth-order valence-corrected chi connectivity index (χ4v) is 2.58. The van der Waals surface area contributed by atoms with Crippen LogP contribution in [0.3, 0.4) is 0 Å². The summed E-state index contributed by atoms with van der Waals surface area (Å²) in [4.78, 5) is 12.0. The second-order valence-corrected chi connectivity index (χ2v) is 5.84. The van der Waals surface area contributed by atoms with E-state index in [2.05, 4.69) is 20.8 Å². The van der Waals surface area contributed by atoms with Crippen LogP contribution >= 0.6 is 34.5 Å². The maximum Gasteiger partial charge on any atom is 0.286 e. The molecule has 2 rings (SSSR count). The molecule has 0 bridgehead atoms. The minimum atomic E-state index is -0.724. The van der Waals surface area contributed by atoms with Gasteiger partial charge in [-0.25, -0.2) is 4.39 Å². The molecule has 5 nitrogen and oxygen atoms in total. The van der Waals surface area contributed by atoms with Gasteiger partial charge in [0.05, 0.1) is 10.0 Å². The lowest BCUT2D eigenvalue weighted by Crippen LogP contribution is -2.11. The van der Waals surface area contributed by atoms with Crippen molar-refractivity contribution in [1.82, 2.24) is 10.2 Å². The Bertz CT molecular complexity index is 641. The molecule has 0 saturated heterocycles. The first-order valence-electron chi connectivity index (χ1n) is 6.04. The Kier molecular flexibility index (Phi) is 5.33. The van der Waals surface area contributed by atoms with E-state index in [4.69, 9.17) is 23.2 Å².